The molecule has 1 aromatic heterocycles. The molecular formula is C12H19N3O3. The molecule has 0 radical (unpaired) electrons. The van der Waals surface area contributed by atoms with Crippen LogP contribution in [0.1, 0.15) is 44.3 Å². The van der Waals surface area contributed by atoms with Crippen LogP contribution in [0.15, 0.2) is 4.52 Å². The molecule has 1 aliphatic rings. The Morgan fingerprint density at radius 3 is 3.00 bits per heavy atom. The Hall–Kier alpha value is -1.43. The van der Waals surface area contributed by atoms with E-state index in [-0.39, 0.29) is 17.9 Å². The van der Waals surface area contributed by atoms with Gasteiger partial charge in [0.2, 0.25) is 11.8 Å². The molecule has 6 nitrogen and oxygen atoms in total. The maximum absolute atomic E-state index is 11.6. The van der Waals surface area contributed by atoms with Gasteiger partial charge in [-0.05, 0) is 12.8 Å². The van der Waals surface area contributed by atoms with E-state index in [2.05, 4.69) is 15.5 Å². The summed E-state index contributed by atoms with van der Waals surface area (Å²) in [6, 6.07) is 0. The molecule has 2 heterocycles. The molecule has 1 aromatic rings. The Kier molecular flexibility index (Phi) is 4.30. The van der Waals surface area contributed by atoms with Crippen LogP contribution in [0.25, 0.3) is 0 Å². The van der Waals surface area contributed by atoms with E-state index in [0.717, 1.165) is 12.8 Å². The first-order chi connectivity index (χ1) is 8.66. The monoisotopic (exact) mass is 253 g/mol. The molecule has 1 atom stereocenters. The van der Waals surface area contributed by atoms with Gasteiger partial charge >= 0.3 is 0 Å². The normalized spacial score (nSPS) is 19.4. The minimum Gasteiger partial charge on any atom is -0.368 e. The van der Waals surface area contributed by atoms with Crippen molar-refractivity contribution < 1.29 is 14.1 Å². The first kappa shape index (κ1) is 13.0. The smallest absolute Gasteiger partial charge is 0.249 e. The van der Waals surface area contributed by atoms with Gasteiger partial charge in [-0.1, -0.05) is 19.0 Å². The quantitative estimate of drug-likeness (QED) is 0.848. The summed E-state index contributed by atoms with van der Waals surface area (Å²) in [5.41, 5.74) is 0. The lowest BCUT2D eigenvalue weighted by Gasteiger charge is -2.08. The largest absolute Gasteiger partial charge is 0.368 e. The van der Waals surface area contributed by atoms with E-state index < -0.39 is 0 Å². The number of rotatable bonds is 5. The topological polar surface area (TPSA) is 77.2 Å². The van der Waals surface area contributed by atoms with Crippen molar-refractivity contribution in [1.29, 1.82) is 0 Å². The van der Waals surface area contributed by atoms with Crippen molar-refractivity contribution in [3.05, 3.63) is 11.7 Å². The van der Waals surface area contributed by atoms with Crippen molar-refractivity contribution >= 4 is 5.91 Å². The van der Waals surface area contributed by atoms with Gasteiger partial charge in [-0.15, -0.1) is 0 Å². The van der Waals surface area contributed by atoms with E-state index in [1.54, 1.807) is 0 Å². The molecule has 0 bridgehead atoms. The molecule has 6 heteroatoms. The molecule has 1 saturated heterocycles. The number of ether oxygens (including phenoxy) is 1. The van der Waals surface area contributed by atoms with Gasteiger partial charge < -0.3 is 14.6 Å². The van der Waals surface area contributed by atoms with Gasteiger partial charge in [0.05, 0.1) is 0 Å². The Morgan fingerprint density at radius 1 is 1.56 bits per heavy atom. The molecule has 1 fully saturated rings. The molecule has 1 amide bonds. The third kappa shape index (κ3) is 3.29. The summed E-state index contributed by atoms with van der Waals surface area (Å²) in [6.45, 7) is 5.19. The lowest BCUT2D eigenvalue weighted by atomic mass is 10.2. The molecule has 1 aliphatic heterocycles. The van der Waals surface area contributed by atoms with Crippen LogP contribution < -0.4 is 5.32 Å². The van der Waals surface area contributed by atoms with Gasteiger partial charge in [-0.2, -0.15) is 4.98 Å². The van der Waals surface area contributed by atoms with Crippen LogP contribution in [0.3, 0.4) is 0 Å². The number of aromatic nitrogens is 2. The van der Waals surface area contributed by atoms with Crippen LogP contribution in [-0.4, -0.2) is 35.3 Å². The SMILES string of the molecule is CC(C)c1noc(CCNC(=O)[C@H]2CCCO2)n1. The summed E-state index contributed by atoms with van der Waals surface area (Å²) in [7, 11) is 0. The second-order valence-corrected chi connectivity index (χ2v) is 4.74. The van der Waals surface area contributed by atoms with Crippen LogP contribution in [0.5, 0.6) is 0 Å². The molecule has 2 rings (SSSR count). The maximum Gasteiger partial charge on any atom is 0.249 e. The van der Waals surface area contributed by atoms with Crippen molar-refractivity contribution in [2.24, 2.45) is 0 Å². The van der Waals surface area contributed by atoms with E-state index in [1.165, 1.54) is 0 Å². The van der Waals surface area contributed by atoms with Crippen molar-refractivity contribution in [2.75, 3.05) is 13.2 Å². The zero-order valence-electron chi connectivity index (χ0n) is 10.8. The highest BCUT2D eigenvalue weighted by molar-refractivity contribution is 5.80. The van der Waals surface area contributed by atoms with Gasteiger partial charge in [-0.25, -0.2) is 0 Å². The number of nitrogens with zero attached hydrogens (tertiary/aromatic N) is 2. The standard InChI is InChI=1S/C12H19N3O3/c1-8(2)11-14-10(18-15-11)5-6-13-12(16)9-4-3-7-17-9/h8-9H,3-7H2,1-2H3,(H,13,16)/t9-/m1/s1. The van der Waals surface area contributed by atoms with Crippen LogP contribution in [0, 0.1) is 0 Å². The zero-order valence-corrected chi connectivity index (χ0v) is 10.8. The Morgan fingerprint density at radius 2 is 2.39 bits per heavy atom. The minimum absolute atomic E-state index is 0.0453. The van der Waals surface area contributed by atoms with Crippen LogP contribution in [0.2, 0.25) is 0 Å². The molecule has 1 N–H and O–H groups in total. The molecular weight excluding hydrogens is 234 g/mol. The molecule has 0 aliphatic carbocycles. The van der Waals surface area contributed by atoms with Gasteiger partial charge in [-0.3, -0.25) is 4.79 Å². The Bertz CT molecular complexity index is 397. The first-order valence-corrected chi connectivity index (χ1v) is 6.38. The van der Waals surface area contributed by atoms with Crippen molar-refractivity contribution in [2.45, 2.75) is 45.1 Å². The lowest BCUT2D eigenvalue weighted by molar-refractivity contribution is -0.130. The fourth-order valence-corrected chi connectivity index (χ4v) is 1.79. The molecule has 0 saturated carbocycles. The number of amides is 1. The Balaban J connectivity index is 1.72. The average molecular weight is 253 g/mol. The fourth-order valence-electron chi connectivity index (χ4n) is 1.79. The highest BCUT2D eigenvalue weighted by atomic mass is 16.5. The first-order valence-electron chi connectivity index (χ1n) is 6.38. The van der Waals surface area contributed by atoms with Crippen molar-refractivity contribution in [1.82, 2.24) is 15.5 Å². The van der Waals surface area contributed by atoms with Crippen LogP contribution in [-0.2, 0) is 16.0 Å². The summed E-state index contributed by atoms with van der Waals surface area (Å²) in [5, 5.41) is 6.69. The predicted octanol–water partition coefficient (Wildman–Crippen LogP) is 1.03. The summed E-state index contributed by atoms with van der Waals surface area (Å²) in [6.07, 6.45) is 2.04. The highest BCUT2D eigenvalue weighted by Crippen LogP contribution is 2.12. The summed E-state index contributed by atoms with van der Waals surface area (Å²) in [4.78, 5) is 15.9. The lowest BCUT2D eigenvalue weighted by Crippen LogP contribution is -2.35. The summed E-state index contributed by atoms with van der Waals surface area (Å²) < 4.78 is 10.4. The van der Waals surface area contributed by atoms with E-state index in [4.69, 9.17) is 9.26 Å². The van der Waals surface area contributed by atoms with E-state index in [9.17, 15) is 4.79 Å². The molecule has 0 aromatic carbocycles. The fraction of sp³-hybridized carbons (Fsp3) is 0.750. The number of hydrogen-bond acceptors (Lipinski definition) is 5. The molecule has 0 spiro atoms. The highest BCUT2D eigenvalue weighted by Gasteiger charge is 2.23. The van der Waals surface area contributed by atoms with Crippen molar-refractivity contribution in [3.8, 4) is 0 Å². The number of nitrogens with one attached hydrogen (secondary N) is 1. The predicted molar refractivity (Wildman–Crippen MR) is 64.1 cm³/mol. The molecule has 18 heavy (non-hydrogen) atoms. The van der Waals surface area contributed by atoms with Gasteiger partial charge in [0.1, 0.15) is 6.10 Å². The molecule has 100 valence electrons. The number of carbonyl (C=O) groups excluding carboxylic acids is 1. The van der Waals surface area contributed by atoms with E-state index in [1.807, 2.05) is 13.8 Å². The maximum atomic E-state index is 11.6. The van der Waals surface area contributed by atoms with Crippen LogP contribution in [0.4, 0.5) is 0 Å². The van der Waals surface area contributed by atoms with Crippen LogP contribution >= 0.6 is 0 Å². The number of carbonyl (C=O) groups is 1. The zero-order chi connectivity index (χ0) is 13.0. The summed E-state index contributed by atoms with van der Waals surface area (Å²) in [5.74, 6) is 1.47. The molecule has 0 unspecified atom stereocenters. The van der Waals surface area contributed by atoms with Gasteiger partial charge in [0, 0.05) is 25.5 Å². The van der Waals surface area contributed by atoms with E-state index >= 15 is 0 Å². The number of hydrogen-bond donors (Lipinski definition) is 1. The second kappa shape index (κ2) is 5.95. The third-order valence-corrected chi connectivity index (χ3v) is 2.86. The Labute approximate surface area is 106 Å². The van der Waals surface area contributed by atoms with Gasteiger partial charge in [0.15, 0.2) is 5.82 Å². The van der Waals surface area contributed by atoms with Crippen molar-refractivity contribution in [3.63, 3.8) is 0 Å². The van der Waals surface area contributed by atoms with Gasteiger partial charge in [0.25, 0.3) is 0 Å². The third-order valence-electron chi connectivity index (χ3n) is 2.86. The summed E-state index contributed by atoms with van der Waals surface area (Å²) >= 11 is 0. The second-order valence-electron chi connectivity index (χ2n) is 4.74. The van der Waals surface area contributed by atoms with E-state index in [0.29, 0.717) is 31.3 Å². The average Bonchev–Trinajstić information content (AvgIpc) is 3.00. The minimum atomic E-state index is -0.279.